The molecule has 0 aliphatic rings. The Morgan fingerprint density at radius 2 is 0.458 bits per heavy atom. The third-order valence-corrected chi connectivity index (χ3v) is 15.2. The van der Waals surface area contributed by atoms with Crippen molar-refractivity contribution in [2.45, 2.75) is 381 Å². The van der Waals surface area contributed by atoms with Crippen molar-refractivity contribution in [1.82, 2.24) is 0 Å². The maximum Gasteiger partial charge on any atom is 0.306 e. The quantitative estimate of drug-likeness (QED) is 0.0343. The van der Waals surface area contributed by atoms with E-state index in [0.29, 0.717) is 19.3 Å². The highest BCUT2D eigenvalue weighted by molar-refractivity contribution is 5.71. The number of unbranched alkanes of at least 4 members (excludes halogenated alkanes) is 45. The van der Waals surface area contributed by atoms with E-state index in [-0.39, 0.29) is 31.1 Å². The zero-order chi connectivity index (χ0) is 52.5. The summed E-state index contributed by atoms with van der Waals surface area (Å²) in [4.78, 5) is 38.3. The molecule has 0 spiro atoms. The minimum absolute atomic E-state index is 0.0617. The summed E-state index contributed by atoms with van der Waals surface area (Å²) in [7, 11) is 0. The molecule has 0 aliphatic carbocycles. The molecule has 0 bridgehead atoms. The Morgan fingerprint density at radius 1 is 0.264 bits per heavy atom. The van der Waals surface area contributed by atoms with E-state index < -0.39 is 6.10 Å². The monoisotopic (exact) mass is 1020 g/mol. The van der Waals surface area contributed by atoms with Gasteiger partial charge in [-0.15, -0.1) is 0 Å². The fourth-order valence-corrected chi connectivity index (χ4v) is 10.3. The molecule has 0 saturated carbocycles. The van der Waals surface area contributed by atoms with Crippen molar-refractivity contribution in [3.05, 3.63) is 0 Å². The summed E-state index contributed by atoms with van der Waals surface area (Å²) in [6.07, 6.45) is 65.3. The topological polar surface area (TPSA) is 78.9 Å². The molecule has 0 radical (unpaired) electrons. The molecule has 0 heterocycles. The molecule has 0 aromatic heterocycles. The molecule has 0 aromatic rings. The van der Waals surface area contributed by atoms with Crippen LogP contribution in [0.15, 0.2) is 0 Å². The molecule has 428 valence electrons. The smallest absolute Gasteiger partial charge is 0.306 e. The standard InChI is InChI=1S/C66H128O6/c1-6-7-8-9-10-11-12-13-14-15-16-17-21-26-31-36-41-46-51-56-64(67)70-59-63(60-71-65(68)57-52-47-42-37-32-28-23-25-30-35-40-45-50-55-62(4)5)72-66(69)58-53-48-43-38-33-27-22-19-18-20-24-29-34-39-44-49-54-61(2)3/h61-63H,6-60H2,1-5H3/t63-/m1/s1. The van der Waals surface area contributed by atoms with Crippen molar-refractivity contribution in [1.29, 1.82) is 0 Å². The van der Waals surface area contributed by atoms with Crippen LogP contribution in [-0.4, -0.2) is 37.2 Å². The van der Waals surface area contributed by atoms with Crippen LogP contribution in [0.5, 0.6) is 0 Å². The van der Waals surface area contributed by atoms with Gasteiger partial charge in [-0.3, -0.25) is 14.4 Å². The molecule has 0 N–H and O–H groups in total. The highest BCUT2D eigenvalue weighted by Gasteiger charge is 2.19. The van der Waals surface area contributed by atoms with Gasteiger partial charge in [-0.05, 0) is 31.1 Å². The molecular weight excluding hydrogens is 889 g/mol. The Hall–Kier alpha value is -1.59. The van der Waals surface area contributed by atoms with Crippen molar-refractivity contribution in [3.8, 4) is 0 Å². The van der Waals surface area contributed by atoms with E-state index in [0.717, 1.165) is 69.6 Å². The number of hydrogen-bond acceptors (Lipinski definition) is 6. The van der Waals surface area contributed by atoms with Crippen LogP contribution in [0.2, 0.25) is 0 Å². The number of esters is 3. The third-order valence-electron chi connectivity index (χ3n) is 15.2. The summed E-state index contributed by atoms with van der Waals surface area (Å²) in [5.41, 5.74) is 0. The fraction of sp³-hybridized carbons (Fsp3) is 0.955. The SMILES string of the molecule is CCCCCCCCCCCCCCCCCCCCCC(=O)OC[C@H](COC(=O)CCCCCCCCCCCCCCCC(C)C)OC(=O)CCCCCCCCCCCCCCCCCCC(C)C. The highest BCUT2D eigenvalue weighted by Crippen LogP contribution is 2.19. The van der Waals surface area contributed by atoms with Crippen molar-refractivity contribution in [2.75, 3.05) is 13.2 Å². The van der Waals surface area contributed by atoms with Crippen molar-refractivity contribution < 1.29 is 28.6 Å². The van der Waals surface area contributed by atoms with Crippen LogP contribution in [0.25, 0.3) is 0 Å². The Balaban J connectivity index is 4.28. The van der Waals surface area contributed by atoms with Gasteiger partial charge in [-0.2, -0.15) is 0 Å². The first-order valence-corrected chi connectivity index (χ1v) is 32.7. The van der Waals surface area contributed by atoms with Gasteiger partial charge in [0.2, 0.25) is 0 Å². The van der Waals surface area contributed by atoms with Crippen LogP contribution in [0, 0.1) is 11.8 Å². The van der Waals surface area contributed by atoms with Gasteiger partial charge in [0.05, 0.1) is 0 Å². The van der Waals surface area contributed by atoms with Gasteiger partial charge in [0, 0.05) is 19.3 Å². The van der Waals surface area contributed by atoms with Crippen LogP contribution >= 0.6 is 0 Å². The van der Waals surface area contributed by atoms with Gasteiger partial charge in [0.25, 0.3) is 0 Å². The molecule has 0 aromatic carbocycles. The Labute approximate surface area is 450 Å². The van der Waals surface area contributed by atoms with Gasteiger partial charge in [0.1, 0.15) is 13.2 Å². The van der Waals surface area contributed by atoms with E-state index in [9.17, 15) is 14.4 Å². The first kappa shape index (κ1) is 70.4. The first-order chi connectivity index (χ1) is 35.2. The van der Waals surface area contributed by atoms with Crippen molar-refractivity contribution in [2.24, 2.45) is 11.8 Å². The van der Waals surface area contributed by atoms with Crippen LogP contribution in [0.4, 0.5) is 0 Å². The number of carbonyl (C=O) groups is 3. The lowest BCUT2D eigenvalue weighted by molar-refractivity contribution is -0.167. The summed E-state index contributed by atoms with van der Waals surface area (Å²) in [6.45, 7) is 11.5. The summed E-state index contributed by atoms with van der Waals surface area (Å²) in [5, 5.41) is 0. The third kappa shape index (κ3) is 59.3. The lowest BCUT2D eigenvalue weighted by atomic mass is 10.0. The average molecular weight is 1020 g/mol. The van der Waals surface area contributed by atoms with Crippen molar-refractivity contribution in [3.63, 3.8) is 0 Å². The molecule has 0 amide bonds. The second kappa shape index (κ2) is 58.7. The molecule has 0 fully saturated rings. The van der Waals surface area contributed by atoms with E-state index in [1.54, 1.807) is 0 Å². The van der Waals surface area contributed by atoms with Crippen LogP contribution in [0.3, 0.4) is 0 Å². The summed E-state index contributed by atoms with van der Waals surface area (Å²) in [5.74, 6) is 0.862. The van der Waals surface area contributed by atoms with E-state index >= 15 is 0 Å². The normalized spacial score (nSPS) is 12.0. The summed E-state index contributed by atoms with van der Waals surface area (Å²) in [6, 6.07) is 0. The van der Waals surface area contributed by atoms with Gasteiger partial charge < -0.3 is 14.2 Å². The minimum Gasteiger partial charge on any atom is -0.462 e. The highest BCUT2D eigenvalue weighted by atomic mass is 16.6. The molecular formula is C66H128O6. The molecule has 0 aliphatic heterocycles. The largest absolute Gasteiger partial charge is 0.462 e. The van der Waals surface area contributed by atoms with Crippen LogP contribution in [0.1, 0.15) is 375 Å². The second-order valence-electron chi connectivity index (χ2n) is 23.7. The van der Waals surface area contributed by atoms with Gasteiger partial charge in [-0.1, -0.05) is 336 Å². The maximum absolute atomic E-state index is 12.9. The molecule has 0 saturated heterocycles. The van der Waals surface area contributed by atoms with Gasteiger partial charge in [0.15, 0.2) is 6.10 Å². The van der Waals surface area contributed by atoms with E-state index in [2.05, 4.69) is 34.6 Å². The van der Waals surface area contributed by atoms with E-state index in [4.69, 9.17) is 14.2 Å². The van der Waals surface area contributed by atoms with E-state index in [1.807, 2.05) is 0 Å². The molecule has 1 atom stereocenters. The summed E-state index contributed by atoms with van der Waals surface area (Å²) < 4.78 is 17.0. The Bertz CT molecular complexity index is 1100. The number of rotatable bonds is 60. The zero-order valence-electron chi connectivity index (χ0n) is 49.6. The maximum atomic E-state index is 12.9. The number of ether oxygens (including phenoxy) is 3. The molecule has 72 heavy (non-hydrogen) atoms. The lowest BCUT2D eigenvalue weighted by Gasteiger charge is -2.18. The molecule has 0 rings (SSSR count). The average Bonchev–Trinajstić information content (AvgIpc) is 3.36. The second-order valence-corrected chi connectivity index (χ2v) is 23.7. The Morgan fingerprint density at radius 3 is 0.681 bits per heavy atom. The predicted octanol–water partition coefficient (Wildman–Crippen LogP) is 22.0. The zero-order valence-corrected chi connectivity index (χ0v) is 49.6. The van der Waals surface area contributed by atoms with E-state index in [1.165, 1.54) is 263 Å². The molecule has 6 nitrogen and oxygen atoms in total. The number of carbonyl (C=O) groups excluding carboxylic acids is 3. The lowest BCUT2D eigenvalue weighted by Crippen LogP contribution is -2.30. The molecule has 6 heteroatoms. The predicted molar refractivity (Wildman–Crippen MR) is 312 cm³/mol. The number of hydrogen-bond donors (Lipinski definition) is 0. The minimum atomic E-state index is -0.764. The Kier molecular flexibility index (Phi) is 57.4. The van der Waals surface area contributed by atoms with Crippen LogP contribution in [-0.2, 0) is 28.6 Å². The van der Waals surface area contributed by atoms with Crippen LogP contribution < -0.4 is 0 Å². The fourth-order valence-electron chi connectivity index (χ4n) is 10.3. The van der Waals surface area contributed by atoms with Gasteiger partial charge in [-0.25, -0.2) is 0 Å². The first-order valence-electron chi connectivity index (χ1n) is 32.7. The van der Waals surface area contributed by atoms with Crippen molar-refractivity contribution >= 4 is 17.9 Å². The summed E-state index contributed by atoms with van der Waals surface area (Å²) >= 11 is 0. The molecule has 0 unspecified atom stereocenters. The van der Waals surface area contributed by atoms with Gasteiger partial charge >= 0.3 is 17.9 Å².